The number of amides is 3. The van der Waals surface area contributed by atoms with E-state index in [9.17, 15) is 33.4 Å². The highest BCUT2D eigenvalue weighted by atomic mass is 28.4. The molecule has 2 aliphatic rings. The van der Waals surface area contributed by atoms with Crippen LogP contribution in [0, 0.1) is 11.6 Å². The van der Waals surface area contributed by atoms with Crippen LogP contribution in [0.15, 0.2) is 36.4 Å². The Morgan fingerprint density at radius 3 is 2.36 bits per heavy atom. The van der Waals surface area contributed by atoms with Gasteiger partial charge in [-0.15, -0.1) is 0 Å². The summed E-state index contributed by atoms with van der Waals surface area (Å²) in [7, 11) is -2.67. The third-order valence-electron chi connectivity index (χ3n) is 9.37. The quantitative estimate of drug-likeness (QED) is 0.233. The van der Waals surface area contributed by atoms with Crippen LogP contribution in [-0.4, -0.2) is 85.3 Å². The van der Waals surface area contributed by atoms with Gasteiger partial charge in [0.1, 0.15) is 17.4 Å². The van der Waals surface area contributed by atoms with Crippen LogP contribution in [0.1, 0.15) is 69.3 Å². The number of hydrogen-bond donors (Lipinski definition) is 3. The molecule has 3 amide bonds. The molecule has 2 aliphatic heterocycles. The minimum atomic E-state index is -2.67. The van der Waals surface area contributed by atoms with Gasteiger partial charge in [0.05, 0.1) is 30.8 Å². The van der Waals surface area contributed by atoms with E-state index >= 15 is 0 Å². The predicted octanol–water partition coefficient (Wildman–Crippen LogP) is 6.08. The number of likely N-dealkylation sites (tertiary alicyclic amines) is 1. The Kier molecular flexibility index (Phi) is 11.3. The number of phenols is 1. The Hall–Kier alpha value is -3.55. The van der Waals surface area contributed by atoms with Gasteiger partial charge in [-0.1, -0.05) is 27.7 Å². The molecular weight excluding hydrogens is 628 g/mol. The lowest BCUT2D eigenvalue weighted by atomic mass is 9.94. The number of phenolic OH excluding ortho intramolecular Hbond substituents is 1. The van der Waals surface area contributed by atoms with E-state index in [1.807, 2.05) is 40.8 Å². The molecule has 13 heteroatoms. The van der Waals surface area contributed by atoms with Crippen LogP contribution in [0.2, 0.25) is 18.1 Å². The van der Waals surface area contributed by atoms with Crippen molar-refractivity contribution in [2.24, 2.45) is 0 Å². The number of carboxylic acid groups (broad SMARTS) is 1. The number of hydrogen-bond acceptors (Lipinski definition) is 6. The van der Waals surface area contributed by atoms with E-state index in [1.54, 1.807) is 0 Å². The first kappa shape index (κ1) is 36.3. The third kappa shape index (κ3) is 8.88. The third-order valence-corrected chi connectivity index (χ3v) is 13.8. The lowest BCUT2D eigenvalue weighted by Crippen LogP contribution is -2.59. The lowest BCUT2D eigenvalue weighted by molar-refractivity contribution is -0.117. The largest absolute Gasteiger partial charge is 0.508 e. The molecule has 258 valence electrons. The molecule has 2 saturated heterocycles. The normalized spacial score (nSPS) is 20.0. The zero-order chi connectivity index (χ0) is 34.7. The van der Waals surface area contributed by atoms with Crippen LogP contribution in [0.5, 0.6) is 5.75 Å². The molecule has 47 heavy (non-hydrogen) atoms. The van der Waals surface area contributed by atoms with E-state index < -0.39 is 56.2 Å². The van der Waals surface area contributed by atoms with Crippen molar-refractivity contribution in [1.29, 1.82) is 0 Å². The van der Waals surface area contributed by atoms with Gasteiger partial charge in [-0.2, -0.15) is 0 Å². The van der Waals surface area contributed by atoms with Gasteiger partial charge < -0.3 is 34.5 Å². The van der Waals surface area contributed by atoms with Gasteiger partial charge in [-0.25, -0.2) is 13.6 Å². The van der Waals surface area contributed by atoms with E-state index in [-0.39, 0.29) is 40.8 Å². The minimum Gasteiger partial charge on any atom is -0.508 e. The summed E-state index contributed by atoms with van der Waals surface area (Å²) in [5.74, 6) is -2.54. The Bertz CT molecular complexity index is 1450. The topological polar surface area (TPSA) is 129 Å². The fourth-order valence-corrected chi connectivity index (χ4v) is 7.35. The van der Waals surface area contributed by atoms with E-state index in [0.717, 1.165) is 12.5 Å². The first-order valence-corrected chi connectivity index (χ1v) is 19.1. The summed E-state index contributed by atoms with van der Waals surface area (Å²) in [6.07, 6.45) is -0.540. The average molecular weight is 676 g/mol. The number of nitrogens with zero attached hydrogens (tertiary/aromatic N) is 2. The van der Waals surface area contributed by atoms with Crippen LogP contribution in [0.3, 0.4) is 0 Å². The standard InChI is InChI=1S/C34H47F2N3O7Si/c1-7-11-45-27-19-29(39(20-27)33(43)44)31(46-47(5,6)34(2,3)4)28(14-21-12-23(35)17-24(36)13-21)37-32(42)22-15-25(18-26(40)16-22)38-10-8-9-30(38)41/h12-13,15-18,27-29,31,40H,7-11,14,19-20H2,1-6H3,(H,37,42)(H,43,44). The molecule has 2 fully saturated rings. The highest BCUT2D eigenvalue weighted by Gasteiger charge is 2.49. The maximum absolute atomic E-state index is 14.4. The number of carbonyl (C=O) groups is 3. The Labute approximate surface area is 276 Å². The molecule has 4 rings (SSSR count). The number of anilines is 1. The van der Waals surface area contributed by atoms with Crippen LogP contribution in [0.25, 0.3) is 0 Å². The van der Waals surface area contributed by atoms with Crippen molar-refractivity contribution in [3.05, 3.63) is 59.2 Å². The lowest BCUT2D eigenvalue weighted by Gasteiger charge is -2.44. The summed E-state index contributed by atoms with van der Waals surface area (Å²) in [5.41, 5.74) is 0.681. The van der Waals surface area contributed by atoms with Gasteiger partial charge in [0, 0.05) is 43.0 Å². The molecule has 2 heterocycles. The first-order chi connectivity index (χ1) is 22.0. The van der Waals surface area contributed by atoms with Crippen molar-refractivity contribution < 1.29 is 42.5 Å². The van der Waals surface area contributed by atoms with Crippen molar-refractivity contribution in [2.45, 2.75) is 102 Å². The number of aromatic hydroxyl groups is 1. The average Bonchev–Trinajstić information content (AvgIpc) is 3.59. The molecule has 2 aromatic rings. The van der Waals surface area contributed by atoms with Gasteiger partial charge in [0.15, 0.2) is 8.32 Å². The van der Waals surface area contributed by atoms with E-state index in [0.29, 0.717) is 38.1 Å². The van der Waals surface area contributed by atoms with Gasteiger partial charge in [0.25, 0.3) is 5.91 Å². The van der Waals surface area contributed by atoms with Crippen molar-refractivity contribution in [3.63, 3.8) is 0 Å². The number of ether oxygens (including phenoxy) is 1. The van der Waals surface area contributed by atoms with Gasteiger partial charge in [-0.05, 0) is 73.6 Å². The zero-order valence-corrected chi connectivity index (χ0v) is 29.0. The Morgan fingerprint density at radius 2 is 1.79 bits per heavy atom. The fourth-order valence-electron chi connectivity index (χ4n) is 6.00. The van der Waals surface area contributed by atoms with Crippen molar-refractivity contribution in [2.75, 3.05) is 24.6 Å². The monoisotopic (exact) mass is 675 g/mol. The van der Waals surface area contributed by atoms with Gasteiger partial charge >= 0.3 is 6.09 Å². The molecule has 0 bridgehead atoms. The SMILES string of the molecule is CCCOC1CC(C(O[Si](C)(C)C(C)(C)C)C(Cc2cc(F)cc(F)c2)NC(=O)c2cc(O)cc(N3CCCC3=O)c2)N(C(=O)O)C1. The molecule has 0 radical (unpaired) electrons. The molecule has 0 aromatic heterocycles. The number of benzene rings is 2. The Morgan fingerprint density at radius 1 is 1.11 bits per heavy atom. The molecule has 4 unspecified atom stereocenters. The molecule has 0 spiro atoms. The second-order valence-corrected chi connectivity index (χ2v) is 18.8. The number of halogens is 2. The second kappa shape index (κ2) is 14.7. The van der Waals surface area contributed by atoms with Crippen LogP contribution in [0.4, 0.5) is 19.3 Å². The number of carbonyl (C=O) groups excluding carboxylic acids is 2. The number of rotatable bonds is 12. The summed E-state index contributed by atoms with van der Waals surface area (Å²) >= 11 is 0. The van der Waals surface area contributed by atoms with Crippen molar-refractivity contribution >= 4 is 31.9 Å². The minimum absolute atomic E-state index is 0.0619. The second-order valence-electron chi connectivity index (χ2n) is 14.0. The van der Waals surface area contributed by atoms with Crippen molar-refractivity contribution in [1.82, 2.24) is 10.2 Å². The van der Waals surface area contributed by atoms with Gasteiger partial charge in [0.2, 0.25) is 5.91 Å². The maximum Gasteiger partial charge on any atom is 0.407 e. The van der Waals surface area contributed by atoms with Crippen molar-refractivity contribution in [3.8, 4) is 5.75 Å². The molecule has 0 aliphatic carbocycles. The smallest absolute Gasteiger partial charge is 0.407 e. The van der Waals surface area contributed by atoms with Crippen LogP contribution >= 0.6 is 0 Å². The predicted molar refractivity (Wildman–Crippen MR) is 176 cm³/mol. The summed E-state index contributed by atoms with van der Waals surface area (Å²) in [5, 5.41) is 23.5. The fraction of sp³-hybridized carbons (Fsp3) is 0.559. The van der Waals surface area contributed by atoms with E-state index in [1.165, 1.54) is 40.1 Å². The molecule has 4 atom stereocenters. The molecule has 2 aromatic carbocycles. The zero-order valence-electron chi connectivity index (χ0n) is 28.0. The maximum atomic E-state index is 14.4. The van der Waals surface area contributed by atoms with Crippen LogP contribution < -0.4 is 10.2 Å². The van der Waals surface area contributed by atoms with Crippen LogP contribution in [-0.2, 0) is 20.4 Å². The summed E-state index contributed by atoms with van der Waals surface area (Å²) in [4.78, 5) is 41.8. The molecule has 3 N–H and O–H groups in total. The summed E-state index contributed by atoms with van der Waals surface area (Å²) < 4.78 is 41.8. The summed E-state index contributed by atoms with van der Waals surface area (Å²) in [6, 6.07) is 5.58. The highest BCUT2D eigenvalue weighted by molar-refractivity contribution is 6.74. The summed E-state index contributed by atoms with van der Waals surface area (Å²) in [6.45, 7) is 13.1. The molecule has 10 nitrogen and oxygen atoms in total. The van der Waals surface area contributed by atoms with E-state index in [2.05, 4.69) is 5.32 Å². The first-order valence-electron chi connectivity index (χ1n) is 16.2. The van der Waals surface area contributed by atoms with E-state index in [4.69, 9.17) is 9.16 Å². The molecule has 0 saturated carbocycles. The highest BCUT2D eigenvalue weighted by Crippen LogP contribution is 2.40. The number of nitrogens with one attached hydrogen (secondary N) is 1. The van der Waals surface area contributed by atoms with Gasteiger partial charge in [-0.3, -0.25) is 9.59 Å². The molecular formula is C34H47F2N3O7Si. The Balaban J connectivity index is 1.79.